The van der Waals surface area contributed by atoms with Crippen LogP contribution in [0.15, 0.2) is 84.0 Å². The van der Waals surface area contributed by atoms with E-state index in [4.69, 9.17) is 19.8 Å². The Morgan fingerprint density at radius 3 is 2.30 bits per heavy atom. The van der Waals surface area contributed by atoms with Crippen LogP contribution in [0.3, 0.4) is 0 Å². The highest BCUT2D eigenvalue weighted by Crippen LogP contribution is 2.18. The highest BCUT2D eigenvalue weighted by atomic mass is 16.6. The van der Waals surface area contributed by atoms with Crippen LogP contribution in [0.1, 0.15) is 35.6 Å². The Morgan fingerprint density at radius 1 is 0.867 bits per heavy atom. The first-order valence-electron chi connectivity index (χ1n) is 10.1. The van der Waals surface area contributed by atoms with E-state index in [1.54, 1.807) is 0 Å². The molecule has 0 aliphatic heterocycles. The Bertz CT molecular complexity index is 937. The summed E-state index contributed by atoms with van der Waals surface area (Å²) in [6, 6.07) is 25.7. The van der Waals surface area contributed by atoms with Crippen LogP contribution >= 0.6 is 0 Å². The van der Waals surface area contributed by atoms with Crippen LogP contribution in [0.25, 0.3) is 0 Å². The molecule has 0 atom stereocenters. The summed E-state index contributed by atoms with van der Waals surface area (Å²) in [6.45, 7) is 2.85. The Morgan fingerprint density at radius 2 is 1.60 bits per heavy atom. The zero-order chi connectivity index (χ0) is 21.2. The minimum Gasteiger partial charge on any atom is -0.489 e. The number of aliphatic hydroxyl groups is 2. The zero-order valence-corrected chi connectivity index (χ0v) is 17.1. The van der Waals surface area contributed by atoms with Gasteiger partial charge in [0.05, 0.1) is 0 Å². The van der Waals surface area contributed by atoms with Gasteiger partial charge in [-0.1, -0.05) is 65.8 Å². The van der Waals surface area contributed by atoms with Gasteiger partial charge in [-0.05, 0) is 42.7 Å². The quantitative estimate of drug-likeness (QED) is 0.300. The number of hydrogen-bond acceptors (Lipinski definition) is 5. The van der Waals surface area contributed by atoms with Crippen LogP contribution in [0.5, 0.6) is 5.75 Å². The van der Waals surface area contributed by atoms with Crippen molar-refractivity contribution in [2.24, 2.45) is 5.16 Å². The van der Waals surface area contributed by atoms with Gasteiger partial charge in [-0.15, -0.1) is 0 Å². The molecule has 0 aromatic heterocycles. The molecule has 3 aromatic carbocycles. The molecular weight excluding hydrogens is 378 g/mol. The molecule has 0 aliphatic rings. The lowest BCUT2D eigenvalue weighted by molar-refractivity contribution is -0.0447. The third kappa shape index (κ3) is 6.44. The maximum Gasteiger partial charge on any atom is 0.151 e. The molecule has 0 saturated carbocycles. The van der Waals surface area contributed by atoms with Crippen molar-refractivity contribution >= 4 is 5.71 Å². The average Bonchev–Trinajstić information content (AvgIpc) is 2.78. The van der Waals surface area contributed by atoms with Crippen molar-refractivity contribution in [2.45, 2.75) is 32.7 Å². The fraction of sp³-hybridized carbons (Fsp3) is 0.240. The van der Waals surface area contributed by atoms with Gasteiger partial charge in [0.15, 0.2) is 6.29 Å². The summed E-state index contributed by atoms with van der Waals surface area (Å²) in [7, 11) is 0. The van der Waals surface area contributed by atoms with E-state index in [1.807, 2.05) is 79.7 Å². The highest BCUT2D eigenvalue weighted by Gasteiger charge is 2.09. The van der Waals surface area contributed by atoms with Crippen LogP contribution in [0.4, 0.5) is 0 Å². The maximum absolute atomic E-state index is 8.98. The van der Waals surface area contributed by atoms with Gasteiger partial charge in [0.1, 0.15) is 24.7 Å². The molecule has 0 fully saturated rings. The largest absolute Gasteiger partial charge is 0.489 e. The minimum absolute atomic E-state index is 0.319. The van der Waals surface area contributed by atoms with E-state index in [1.165, 1.54) is 0 Å². The van der Waals surface area contributed by atoms with Gasteiger partial charge in [-0.2, -0.15) is 0 Å². The Balaban J connectivity index is 1.69. The molecule has 0 bridgehead atoms. The number of benzene rings is 3. The van der Waals surface area contributed by atoms with Gasteiger partial charge in [-0.3, -0.25) is 0 Å². The summed E-state index contributed by atoms with van der Waals surface area (Å²) >= 11 is 0. The first-order chi connectivity index (χ1) is 14.7. The number of aliphatic hydroxyl groups excluding tert-OH is 1. The van der Waals surface area contributed by atoms with E-state index in [9.17, 15) is 0 Å². The summed E-state index contributed by atoms with van der Waals surface area (Å²) in [6.07, 6.45) is -0.346. The fourth-order valence-electron chi connectivity index (χ4n) is 3.02. The Kier molecular flexibility index (Phi) is 8.01. The smallest absolute Gasteiger partial charge is 0.151 e. The second-order valence-corrected chi connectivity index (χ2v) is 6.88. The number of ether oxygens (including phenoxy) is 1. The first-order valence-corrected chi connectivity index (χ1v) is 10.1. The number of aryl methyl sites for hydroxylation is 1. The van der Waals surface area contributed by atoms with Gasteiger partial charge in [-0.25, -0.2) is 0 Å². The molecule has 0 aliphatic carbocycles. The van der Waals surface area contributed by atoms with Crippen LogP contribution in [-0.2, 0) is 17.9 Å². The topological polar surface area (TPSA) is 71.3 Å². The Labute approximate surface area is 177 Å². The maximum atomic E-state index is 8.98. The molecule has 156 valence electrons. The lowest BCUT2D eigenvalue weighted by Gasteiger charge is -2.11. The molecule has 5 heteroatoms. The molecule has 0 radical (unpaired) electrons. The number of oxime groups is 1. The van der Waals surface area contributed by atoms with Crippen LogP contribution in [0.2, 0.25) is 0 Å². The highest BCUT2D eigenvalue weighted by molar-refractivity contribution is 6.12. The van der Waals surface area contributed by atoms with Gasteiger partial charge in [0.2, 0.25) is 0 Å². The monoisotopic (exact) mass is 405 g/mol. The van der Waals surface area contributed by atoms with Crippen molar-refractivity contribution in [3.05, 3.63) is 101 Å². The van der Waals surface area contributed by atoms with E-state index in [0.717, 1.165) is 33.7 Å². The van der Waals surface area contributed by atoms with Crippen molar-refractivity contribution in [2.75, 3.05) is 6.61 Å². The molecular formula is C25H27NO4. The SMILES string of the molecule is CCO/N=C(/c1ccccc1)c1cccc(COc2ccc(CCC(O)O)cc2)c1. The predicted octanol–water partition coefficient (Wildman–Crippen LogP) is 4.30. The van der Waals surface area contributed by atoms with Crippen molar-refractivity contribution < 1.29 is 19.8 Å². The van der Waals surface area contributed by atoms with E-state index in [0.29, 0.717) is 26.1 Å². The number of nitrogens with zero attached hydrogens (tertiary/aromatic N) is 1. The summed E-state index contributed by atoms with van der Waals surface area (Å²) in [5.41, 5.74) is 4.81. The molecule has 5 nitrogen and oxygen atoms in total. The van der Waals surface area contributed by atoms with Crippen molar-refractivity contribution in [3.63, 3.8) is 0 Å². The molecule has 2 N–H and O–H groups in total. The molecule has 0 amide bonds. The summed E-state index contributed by atoms with van der Waals surface area (Å²) in [5.74, 6) is 0.764. The average molecular weight is 405 g/mol. The van der Waals surface area contributed by atoms with Gasteiger partial charge in [0.25, 0.3) is 0 Å². The predicted molar refractivity (Wildman–Crippen MR) is 117 cm³/mol. The van der Waals surface area contributed by atoms with Crippen molar-refractivity contribution in [1.82, 2.24) is 0 Å². The van der Waals surface area contributed by atoms with Crippen LogP contribution in [0, 0.1) is 0 Å². The van der Waals surface area contributed by atoms with E-state index < -0.39 is 6.29 Å². The van der Waals surface area contributed by atoms with E-state index in [2.05, 4.69) is 11.2 Å². The lowest BCUT2D eigenvalue weighted by atomic mass is 10.0. The molecule has 0 spiro atoms. The van der Waals surface area contributed by atoms with Crippen molar-refractivity contribution in [1.29, 1.82) is 0 Å². The number of rotatable bonds is 10. The Hall–Kier alpha value is -3.15. The zero-order valence-electron chi connectivity index (χ0n) is 17.1. The van der Waals surface area contributed by atoms with Gasteiger partial charge in [0, 0.05) is 17.5 Å². The third-order valence-corrected chi connectivity index (χ3v) is 4.55. The normalized spacial score (nSPS) is 11.5. The molecule has 0 saturated heterocycles. The van der Waals surface area contributed by atoms with Crippen LogP contribution in [-0.4, -0.2) is 28.8 Å². The molecule has 3 aromatic rings. The molecule has 0 heterocycles. The second kappa shape index (κ2) is 11.1. The fourth-order valence-corrected chi connectivity index (χ4v) is 3.02. The lowest BCUT2D eigenvalue weighted by Crippen LogP contribution is -2.06. The summed E-state index contributed by atoms with van der Waals surface area (Å²) in [5, 5.41) is 22.3. The standard InChI is InChI=1S/C25H27NO4/c1-2-30-26-25(21-8-4-3-5-9-21)22-10-6-7-20(17-22)18-29-23-14-11-19(12-15-23)13-16-24(27)28/h3-12,14-15,17,24,27-28H,2,13,16,18H2,1H3/b26-25-. The summed E-state index contributed by atoms with van der Waals surface area (Å²) < 4.78 is 5.92. The van der Waals surface area contributed by atoms with Crippen molar-refractivity contribution in [3.8, 4) is 5.75 Å². The van der Waals surface area contributed by atoms with Gasteiger partial charge >= 0.3 is 0 Å². The minimum atomic E-state index is -1.28. The third-order valence-electron chi connectivity index (χ3n) is 4.55. The molecule has 3 rings (SSSR count). The molecule has 0 unspecified atom stereocenters. The van der Waals surface area contributed by atoms with Gasteiger partial charge < -0.3 is 19.8 Å². The van der Waals surface area contributed by atoms with E-state index in [-0.39, 0.29) is 0 Å². The second-order valence-electron chi connectivity index (χ2n) is 6.88. The van der Waals surface area contributed by atoms with E-state index >= 15 is 0 Å². The van der Waals surface area contributed by atoms with Crippen LogP contribution < -0.4 is 4.74 Å². The summed E-state index contributed by atoms with van der Waals surface area (Å²) in [4.78, 5) is 5.34. The molecule has 30 heavy (non-hydrogen) atoms. The first kappa shape index (κ1) is 21.6. The number of hydrogen-bond donors (Lipinski definition) is 2.